The number of alkyl halides is 3. The van der Waals surface area contributed by atoms with Gasteiger partial charge in [0.1, 0.15) is 4.90 Å². The Morgan fingerprint density at radius 3 is 2.64 bits per heavy atom. The van der Waals surface area contributed by atoms with Gasteiger partial charge >= 0.3 is 6.18 Å². The number of sulfone groups is 1. The van der Waals surface area contributed by atoms with Crippen LogP contribution in [-0.4, -0.2) is 63.5 Å². The molecule has 0 aliphatic carbocycles. The van der Waals surface area contributed by atoms with Crippen LogP contribution in [0.1, 0.15) is 37.8 Å². The average molecular weight is 485 g/mol. The van der Waals surface area contributed by atoms with Crippen molar-refractivity contribution >= 4 is 33.0 Å². The van der Waals surface area contributed by atoms with E-state index in [1.54, 1.807) is 30.2 Å². The monoisotopic (exact) mass is 484 g/mol. The third kappa shape index (κ3) is 5.18. The van der Waals surface area contributed by atoms with Crippen molar-refractivity contribution in [2.45, 2.75) is 55.3 Å². The Kier molecular flexibility index (Phi) is 5.93. The molecular weight excluding hydrogens is 461 g/mol. The van der Waals surface area contributed by atoms with Gasteiger partial charge in [0, 0.05) is 32.0 Å². The quantitative estimate of drug-likeness (QED) is 0.671. The smallest absolute Gasteiger partial charge is 0.333 e. The number of aryl methyl sites for hydroxylation is 1. The number of carbonyl (C=O) groups excluding carboxylic acids is 1. The average Bonchev–Trinajstić information content (AvgIpc) is 3.24. The van der Waals surface area contributed by atoms with E-state index < -0.39 is 40.8 Å². The van der Waals surface area contributed by atoms with Crippen LogP contribution in [0.15, 0.2) is 29.6 Å². The van der Waals surface area contributed by atoms with E-state index in [1.165, 1.54) is 11.1 Å². The summed E-state index contributed by atoms with van der Waals surface area (Å²) < 4.78 is 64.0. The highest BCUT2D eigenvalue weighted by atomic mass is 32.2. The molecule has 2 atom stereocenters. The summed E-state index contributed by atoms with van der Waals surface area (Å²) in [5.74, 6) is -0.359. The number of rotatable bonds is 6. The molecule has 0 aromatic carbocycles. The Labute approximate surface area is 188 Å². The van der Waals surface area contributed by atoms with Crippen LogP contribution in [0.2, 0.25) is 0 Å². The van der Waals surface area contributed by atoms with Crippen molar-refractivity contribution in [2.24, 2.45) is 7.05 Å². The molecule has 0 radical (unpaired) electrons. The van der Waals surface area contributed by atoms with Crippen molar-refractivity contribution in [1.82, 2.24) is 24.6 Å². The molecule has 2 aromatic heterocycles. The summed E-state index contributed by atoms with van der Waals surface area (Å²) in [6, 6.07) is -0.690. The Bertz CT molecular complexity index is 1210. The number of nitrogens with zero attached hydrogens (tertiary/aromatic N) is 5. The van der Waals surface area contributed by atoms with Crippen LogP contribution in [0, 0.1) is 0 Å². The summed E-state index contributed by atoms with van der Waals surface area (Å²) >= 11 is 0. The van der Waals surface area contributed by atoms with Crippen molar-refractivity contribution < 1.29 is 26.4 Å². The molecule has 2 aromatic rings. The van der Waals surface area contributed by atoms with Crippen molar-refractivity contribution in [1.29, 1.82) is 0 Å². The fourth-order valence-electron chi connectivity index (χ4n) is 4.32. The van der Waals surface area contributed by atoms with E-state index in [0.29, 0.717) is 30.5 Å². The van der Waals surface area contributed by atoms with Gasteiger partial charge < -0.3 is 10.2 Å². The van der Waals surface area contributed by atoms with Gasteiger partial charge in [-0.1, -0.05) is 6.08 Å². The normalized spacial score (nSPS) is 20.6. The summed E-state index contributed by atoms with van der Waals surface area (Å²) in [4.78, 5) is 22.5. The molecule has 13 heteroatoms. The molecule has 1 N–H and O–H groups in total. The van der Waals surface area contributed by atoms with Crippen molar-refractivity contribution in [3.05, 3.63) is 30.4 Å². The summed E-state index contributed by atoms with van der Waals surface area (Å²) in [5.41, 5.74) is 1.49. The molecule has 4 heterocycles. The van der Waals surface area contributed by atoms with E-state index in [-0.39, 0.29) is 22.6 Å². The van der Waals surface area contributed by atoms with Gasteiger partial charge in [-0.15, -0.1) is 0 Å². The van der Waals surface area contributed by atoms with Crippen LogP contribution in [0.4, 0.5) is 24.8 Å². The Morgan fingerprint density at radius 1 is 1.27 bits per heavy atom. The standard InChI is InChI=1S/C20H23F3N6O3S/c1-28-11-13(9-25-28)26-19-24-10-16(33(2,31)32)18(27-19)12-7-14-3-4-15(8-12)29(14)17(30)5-6-20(21,22)23/h7,9-11,14-15H,3-6,8H2,1-2H3,(H,24,26,27). The van der Waals surface area contributed by atoms with E-state index in [2.05, 4.69) is 20.4 Å². The lowest BCUT2D eigenvalue weighted by atomic mass is 9.97. The number of anilines is 2. The number of amides is 1. The van der Waals surface area contributed by atoms with Gasteiger partial charge in [0.2, 0.25) is 11.9 Å². The third-order valence-electron chi connectivity index (χ3n) is 5.73. The number of carbonyl (C=O) groups is 1. The van der Waals surface area contributed by atoms with Crippen molar-refractivity contribution in [3.63, 3.8) is 0 Å². The Hall–Kier alpha value is -2.96. The summed E-state index contributed by atoms with van der Waals surface area (Å²) in [5, 5.41) is 7.03. The second-order valence-electron chi connectivity index (χ2n) is 8.32. The molecule has 9 nitrogen and oxygen atoms in total. The van der Waals surface area contributed by atoms with Crippen molar-refractivity contribution in [3.8, 4) is 0 Å². The van der Waals surface area contributed by atoms with E-state index in [0.717, 1.165) is 6.26 Å². The number of hydrogen-bond acceptors (Lipinski definition) is 7. The molecule has 4 rings (SSSR count). The zero-order valence-electron chi connectivity index (χ0n) is 18.0. The largest absolute Gasteiger partial charge is 0.389 e. The minimum absolute atomic E-state index is 0.0401. The first-order valence-corrected chi connectivity index (χ1v) is 12.2. The lowest BCUT2D eigenvalue weighted by Gasteiger charge is -2.34. The second kappa shape index (κ2) is 8.43. The molecule has 2 bridgehead atoms. The first-order chi connectivity index (χ1) is 15.4. The number of hydrogen-bond donors (Lipinski definition) is 1. The third-order valence-corrected chi connectivity index (χ3v) is 6.82. The van der Waals surface area contributed by atoms with Gasteiger partial charge in [-0.2, -0.15) is 18.3 Å². The SMILES string of the molecule is Cn1cc(Nc2ncc(S(C)(=O)=O)c(C3=CC4CCC(C3)N4C(=O)CCC(F)(F)F)n2)cn1. The molecule has 1 saturated heterocycles. The van der Waals surface area contributed by atoms with E-state index >= 15 is 0 Å². The first-order valence-electron chi connectivity index (χ1n) is 10.3. The van der Waals surface area contributed by atoms with Crippen LogP contribution >= 0.6 is 0 Å². The maximum Gasteiger partial charge on any atom is 0.389 e. The van der Waals surface area contributed by atoms with Crippen LogP contribution in [-0.2, 0) is 21.7 Å². The molecule has 2 unspecified atom stereocenters. The second-order valence-corrected chi connectivity index (χ2v) is 10.3. The van der Waals surface area contributed by atoms with Gasteiger partial charge in [0.25, 0.3) is 0 Å². The molecule has 178 valence electrons. The van der Waals surface area contributed by atoms with Gasteiger partial charge in [0.15, 0.2) is 9.84 Å². The zero-order chi connectivity index (χ0) is 24.0. The molecule has 0 saturated carbocycles. The summed E-state index contributed by atoms with van der Waals surface area (Å²) in [6.45, 7) is 0. The van der Waals surface area contributed by atoms with Gasteiger partial charge in [-0.3, -0.25) is 9.48 Å². The summed E-state index contributed by atoms with van der Waals surface area (Å²) in [7, 11) is -1.91. The van der Waals surface area contributed by atoms with Crippen LogP contribution in [0.25, 0.3) is 5.57 Å². The highest BCUT2D eigenvalue weighted by molar-refractivity contribution is 7.90. The van der Waals surface area contributed by atoms with E-state index in [1.807, 2.05) is 0 Å². The predicted octanol–water partition coefficient (Wildman–Crippen LogP) is 2.85. The topological polar surface area (TPSA) is 110 Å². The molecule has 2 aliphatic rings. The Morgan fingerprint density at radius 2 is 2.03 bits per heavy atom. The minimum Gasteiger partial charge on any atom is -0.333 e. The molecule has 1 amide bonds. The van der Waals surface area contributed by atoms with Gasteiger partial charge in [0.05, 0.1) is 36.2 Å². The fourth-order valence-corrected chi connectivity index (χ4v) is 5.09. The Balaban J connectivity index is 1.64. The zero-order valence-corrected chi connectivity index (χ0v) is 18.8. The molecule has 2 aliphatic heterocycles. The fraction of sp³-hybridized carbons (Fsp3) is 0.500. The first kappa shape index (κ1) is 23.2. The molecule has 0 spiro atoms. The number of fused-ring (bicyclic) bond motifs is 2. The lowest BCUT2D eigenvalue weighted by molar-refractivity contribution is -0.150. The van der Waals surface area contributed by atoms with Crippen LogP contribution in [0.5, 0.6) is 0 Å². The van der Waals surface area contributed by atoms with Crippen LogP contribution in [0.3, 0.4) is 0 Å². The molecule has 33 heavy (non-hydrogen) atoms. The molecule has 1 fully saturated rings. The van der Waals surface area contributed by atoms with E-state index in [4.69, 9.17) is 0 Å². The minimum atomic E-state index is -4.39. The lowest BCUT2D eigenvalue weighted by Crippen LogP contribution is -2.43. The van der Waals surface area contributed by atoms with Gasteiger partial charge in [-0.05, 0) is 24.8 Å². The number of aromatic nitrogens is 4. The summed E-state index contributed by atoms with van der Waals surface area (Å²) in [6.07, 6.45) is 2.71. The number of nitrogens with one attached hydrogen (secondary N) is 1. The van der Waals surface area contributed by atoms with Gasteiger partial charge in [-0.25, -0.2) is 18.4 Å². The van der Waals surface area contributed by atoms with Crippen LogP contribution < -0.4 is 5.32 Å². The molecular formula is C20H23F3N6O3S. The van der Waals surface area contributed by atoms with Crippen molar-refractivity contribution in [2.75, 3.05) is 11.6 Å². The highest BCUT2D eigenvalue weighted by Gasteiger charge is 2.41. The predicted molar refractivity (Wildman–Crippen MR) is 113 cm³/mol. The highest BCUT2D eigenvalue weighted by Crippen LogP contribution is 2.40. The van der Waals surface area contributed by atoms with E-state index in [9.17, 15) is 26.4 Å². The number of halogens is 3. The maximum absolute atomic E-state index is 12.6. The maximum atomic E-state index is 12.6.